The van der Waals surface area contributed by atoms with E-state index in [1.54, 1.807) is 36.4 Å². The van der Waals surface area contributed by atoms with Crippen LogP contribution >= 0.6 is 0 Å². The van der Waals surface area contributed by atoms with Gasteiger partial charge in [-0.15, -0.1) is 0 Å². The van der Waals surface area contributed by atoms with E-state index in [0.29, 0.717) is 11.3 Å². The number of carbonyl (C=O) groups is 1. The fraction of sp³-hybridized carbons (Fsp3) is 0.118. The van der Waals surface area contributed by atoms with E-state index in [1.807, 2.05) is 6.92 Å². The summed E-state index contributed by atoms with van der Waals surface area (Å²) < 4.78 is 27.4. The van der Waals surface area contributed by atoms with E-state index in [2.05, 4.69) is 11.3 Å². The van der Waals surface area contributed by atoms with Crippen molar-refractivity contribution in [2.45, 2.75) is 18.2 Å². The minimum absolute atomic E-state index is 0.00742. The van der Waals surface area contributed by atoms with Crippen molar-refractivity contribution in [3.05, 3.63) is 71.8 Å². The number of hydrogen-bond acceptors (Lipinski definition) is 3. The molecule has 0 radical (unpaired) electrons. The molecule has 120 valence electrons. The van der Waals surface area contributed by atoms with Crippen molar-refractivity contribution in [3.8, 4) is 0 Å². The molecule has 0 bridgehead atoms. The third-order valence-electron chi connectivity index (χ3n) is 3.30. The van der Waals surface area contributed by atoms with Gasteiger partial charge < -0.3 is 5.11 Å². The first-order chi connectivity index (χ1) is 10.8. The molecule has 0 spiro atoms. The molecule has 2 rings (SSSR count). The third kappa shape index (κ3) is 4.20. The van der Waals surface area contributed by atoms with E-state index in [0.717, 1.165) is 5.56 Å². The monoisotopic (exact) mass is 331 g/mol. The quantitative estimate of drug-likeness (QED) is 0.797. The lowest BCUT2D eigenvalue weighted by atomic mass is 10.1. The van der Waals surface area contributed by atoms with Gasteiger partial charge in [-0.1, -0.05) is 42.5 Å². The Bertz CT molecular complexity index is 839. The molecule has 0 aliphatic carbocycles. The van der Waals surface area contributed by atoms with Crippen LogP contribution in [-0.4, -0.2) is 19.5 Å². The van der Waals surface area contributed by atoms with E-state index in [-0.39, 0.29) is 16.9 Å². The summed E-state index contributed by atoms with van der Waals surface area (Å²) in [6, 6.07) is 13.1. The van der Waals surface area contributed by atoms with Crippen molar-refractivity contribution < 1.29 is 18.3 Å². The molecule has 23 heavy (non-hydrogen) atoms. The van der Waals surface area contributed by atoms with Crippen LogP contribution in [0.1, 0.15) is 11.1 Å². The molecule has 0 heterocycles. The molecular formula is C17H17NO4S. The Labute approximate surface area is 135 Å². The second kappa shape index (κ2) is 6.66. The number of para-hydroxylation sites is 1. The lowest BCUT2D eigenvalue weighted by molar-refractivity contribution is -0.132. The zero-order chi connectivity index (χ0) is 17.0. The molecule has 5 nitrogen and oxygen atoms in total. The third-order valence-corrected chi connectivity index (χ3v) is 4.68. The van der Waals surface area contributed by atoms with Gasteiger partial charge in [0, 0.05) is 12.0 Å². The van der Waals surface area contributed by atoms with E-state index >= 15 is 0 Å². The molecule has 0 unspecified atom stereocenters. The zero-order valence-corrected chi connectivity index (χ0v) is 13.4. The molecule has 0 aliphatic rings. The van der Waals surface area contributed by atoms with Crippen LogP contribution in [0.25, 0.3) is 0 Å². The van der Waals surface area contributed by atoms with Crippen LogP contribution in [0.4, 0.5) is 5.69 Å². The predicted molar refractivity (Wildman–Crippen MR) is 88.9 cm³/mol. The number of sulfonamides is 1. The Morgan fingerprint density at radius 3 is 2.35 bits per heavy atom. The van der Waals surface area contributed by atoms with Gasteiger partial charge in [-0.3, -0.25) is 4.72 Å². The summed E-state index contributed by atoms with van der Waals surface area (Å²) in [6.07, 6.45) is 0.0575. The second-order valence-corrected chi connectivity index (χ2v) is 6.84. The fourth-order valence-electron chi connectivity index (χ4n) is 2.00. The van der Waals surface area contributed by atoms with Crippen LogP contribution in [0, 0.1) is 6.92 Å². The van der Waals surface area contributed by atoms with Gasteiger partial charge in [0.15, 0.2) is 0 Å². The average molecular weight is 331 g/mol. The topological polar surface area (TPSA) is 83.5 Å². The highest BCUT2D eigenvalue weighted by atomic mass is 32.2. The number of benzene rings is 2. The van der Waals surface area contributed by atoms with E-state index < -0.39 is 16.0 Å². The molecule has 0 aromatic heterocycles. The zero-order valence-electron chi connectivity index (χ0n) is 12.6. The van der Waals surface area contributed by atoms with E-state index in [9.17, 15) is 13.2 Å². The Morgan fingerprint density at radius 1 is 1.13 bits per heavy atom. The second-order valence-electron chi connectivity index (χ2n) is 5.16. The Kier molecular flexibility index (Phi) is 4.86. The first-order valence-corrected chi connectivity index (χ1v) is 8.36. The molecule has 0 fully saturated rings. The largest absolute Gasteiger partial charge is 0.478 e. The smallest absolute Gasteiger partial charge is 0.331 e. The van der Waals surface area contributed by atoms with Crippen molar-refractivity contribution in [3.63, 3.8) is 0 Å². The summed E-state index contributed by atoms with van der Waals surface area (Å²) in [5.74, 6) is -1.11. The van der Waals surface area contributed by atoms with Gasteiger partial charge in [0.2, 0.25) is 0 Å². The van der Waals surface area contributed by atoms with Crippen molar-refractivity contribution in [1.82, 2.24) is 0 Å². The maximum atomic E-state index is 12.4. The van der Waals surface area contributed by atoms with Gasteiger partial charge in [-0.25, -0.2) is 13.2 Å². The molecule has 0 saturated carbocycles. The summed E-state index contributed by atoms with van der Waals surface area (Å²) in [7, 11) is -3.74. The Balaban J connectivity index is 2.31. The van der Waals surface area contributed by atoms with Gasteiger partial charge in [-0.05, 0) is 30.7 Å². The molecule has 0 amide bonds. The summed E-state index contributed by atoms with van der Waals surface area (Å²) in [5.41, 5.74) is 1.85. The van der Waals surface area contributed by atoms with Gasteiger partial charge in [-0.2, -0.15) is 0 Å². The standard InChI is InChI=1S/C17H17NO4S/c1-12-7-9-15(10-8-12)23(21,22)18-16-6-4-3-5-14(16)11-13(2)17(19)20/h3-10,18H,2,11H2,1H3,(H,19,20). The molecule has 6 heteroatoms. The Hall–Kier alpha value is -2.60. The minimum atomic E-state index is -3.74. The Morgan fingerprint density at radius 2 is 1.74 bits per heavy atom. The van der Waals surface area contributed by atoms with Crippen molar-refractivity contribution in [1.29, 1.82) is 0 Å². The van der Waals surface area contributed by atoms with Crippen LogP contribution in [0.3, 0.4) is 0 Å². The fourth-order valence-corrected chi connectivity index (χ4v) is 3.10. The number of nitrogens with one attached hydrogen (secondary N) is 1. The van der Waals surface area contributed by atoms with Gasteiger partial charge >= 0.3 is 5.97 Å². The molecule has 2 aromatic carbocycles. The highest BCUT2D eigenvalue weighted by molar-refractivity contribution is 7.92. The summed E-state index contributed by atoms with van der Waals surface area (Å²) in [4.78, 5) is 11.1. The van der Waals surface area contributed by atoms with Crippen molar-refractivity contribution >= 4 is 21.7 Å². The number of anilines is 1. The van der Waals surface area contributed by atoms with Gasteiger partial charge in [0.25, 0.3) is 10.0 Å². The van der Waals surface area contributed by atoms with Crippen molar-refractivity contribution in [2.75, 3.05) is 4.72 Å². The van der Waals surface area contributed by atoms with Crippen molar-refractivity contribution in [2.24, 2.45) is 0 Å². The SMILES string of the molecule is C=C(Cc1ccccc1NS(=O)(=O)c1ccc(C)cc1)C(=O)O. The number of aliphatic carboxylic acids is 1. The molecule has 0 atom stereocenters. The van der Waals surface area contributed by atoms with Gasteiger partial charge in [0.1, 0.15) is 0 Å². The molecule has 0 saturated heterocycles. The van der Waals surface area contributed by atoms with E-state index in [1.165, 1.54) is 12.1 Å². The summed E-state index contributed by atoms with van der Waals surface area (Å²) >= 11 is 0. The molecule has 2 N–H and O–H groups in total. The highest BCUT2D eigenvalue weighted by Crippen LogP contribution is 2.22. The van der Waals surface area contributed by atoms with E-state index in [4.69, 9.17) is 5.11 Å². The highest BCUT2D eigenvalue weighted by Gasteiger charge is 2.16. The normalized spacial score (nSPS) is 11.0. The lowest BCUT2D eigenvalue weighted by Gasteiger charge is -2.13. The van der Waals surface area contributed by atoms with Crippen LogP contribution in [0.2, 0.25) is 0 Å². The molecule has 0 aliphatic heterocycles. The number of rotatable bonds is 6. The first-order valence-electron chi connectivity index (χ1n) is 6.88. The summed E-state index contributed by atoms with van der Waals surface area (Å²) in [5, 5.41) is 8.93. The number of hydrogen-bond donors (Lipinski definition) is 2. The first kappa shape index (κ1) is 16.8. The molecule has 2 aromatic rings. The average Bonchev–Trinajstić information content (AvgIpc) is 2.49. The predicted octanol–water partition coefficient (Wildman–Crippen LogP) is 2.98. The lowest BCUT2D eigenvalue weighted by Crippen LogP contribution is -2.15. The van der Waals surface area contributed by atoms with Crippen LogP contribution in [-0.2, 0) is 21.2 Å². The van der Waals surface area contributed by atoms with Crippen LogP contribution < -0.4 is 4.72 Å². The summed E-state index contributed by atoms with van der Waals surface area (Å²) in [6.45, 7) is 5.35. The number of carboxylic acids is 1. The van der Waals surface area contributed by atoms with Crippen LogP contribution in [0.15, 0.2) is 65.6 Å². The van der Waals surface area contributed by atoms with Gasteiger partial charge in [0.05, 0.1) is 10.6 Å². The number of carboxylic acid groups (broad SMARTS) is 1. The maximum Gasteiger partial charge on any atom is 0.331 e. The number of aryl methyl sites for hydroxylation is 1. The maximum absolute atomic E-state index is 12.4. The minimum Gasteiger partial charge on any atom is -0.478 e. The molecular weight excluding hydrogens is 314 g/mol. The van der Waals surface area contributed by atoms with Crippen LogP contribution in [0.5, 0.6) is 0 Å².